The highest BCUT2D eigenvalue weighted by Crippen LogP contribution is 2.23. The third kappa shape index (κ3) is 6.03. The van der Waals surface area contributed by atoms with E-state index in [9.17, 15) is 18.3 Å². The van der Waals surface area contributed by atoms with E-state index in [0.717, 1.165) is 0 Å². The Bertz CT molecular complexity index is 370. The molecule has 1 aliphatic rings. The highest BCUT2D eigenvalue weighted by atomic mass is 32.2. The fourth-order valence-corrected chi connectivity index (χ4v) is 5.09. The van der Waals surface area contributed by atoms with Crippen molar-refractivity contribution in [3.63, 3.8) is 0 Å². The molecule has 2 unspecified atom stereocenters. The molecule has 0 aromatic carbocycles. The molecule has 0 aliphatic carbocycles. The van der Waals surface area contributed by atoms with Gasteiger partial charge in [0.1, 0.15) is 0 Å². The smallest absolute Gasteiger partial charge is 0.230 e. The third-order valence-corrected chi connectivity index (χ3v) is 5.82. The van der Waals surface area contributed by atoms with Crippen molar-refractivity contribution in [3.05, 3.63) is 0 Å². The fraction of sp³-hybridized carbons (Fsp3) is 0.900. The van der Waals surface area contributed by atoms with Crippen LogP contribution in [0.1, 0.15) is 6.42 Å². The summed E-state index contributed by atoms with van der Waals surface area (Å²) in [5.41, 5.74) is 0. The molecule has 0 saturated carbocycles. The molecule has 8 heteroatoms. The van der Waals surface area contributed by atoms with Crippen LogP contribution < -0.4 is 5.32 Å². The standard InChI is InChI=1S/C10H19NO5S2/c1-16-5-8(12)4-11-10(13)6-17-9-2-3-18(14,15)7-9/h8-9,12H,2-7H2,1H3,(H,11,13). The first kappa shape index (κ1) is 15.7. The molecular weight excluding hydrogens is 278 g/mol. The van der Waals surface area contributed by atoms with E-state index in [1.807, 2.05) is 0 Å². The molecule has 1 fully saturated rings. The van der Waals surface area contributed by atoms with Crippen LogP contribution in [0.4, 0.5) is 0 Å². The number of hydrogen-bond donors (Lipinski definition) is 2. The van der Waals surface area contributed by atoms with Crippen LogP contribution in [0.5, 0.6) is 0 Å². The van der Waals surface area contributed by atoms with Gasteiger partial charge in [0.2, 0.25) is 5.91 Å². The summed E-state index contributed by atoms with van der Waals surface area (Å²) < 4.78 is 27.2. The SMILES string of the molecule is COCC(O)CNC(=O)CSC1CCS(=O)(=O)C1. The predicted molar refractivity (Wildman–Crippen MR) is 70.4 cm³/mol. The number of carbonyl (C=O) groups excluding carboxylic acids is 1. The number of thioether (sulfide) groups is 1. The average Bonchev–Trinajstić information content (AvgIpc) is 2.64. The van der Waals surface area contributed by atoms with Gasteiger partial charge in [-0.3, -0.25) is 4.79 Å². The Morgan fingerprint density at radius 1 is 1.61 bits per heavy atom. The summed E-state index contributed by atoms with van der Waals surface area (Å²) in [7, 11) is -1.41. The van der Waals surface area contributed by atoms with Gasteiger partial charge in [0.05, 0.1) is 30.0 Å². The van der Waals surface area contributed by atoms with Crippen LogP contribution in [-0.2, 0) is 19.4 Å². The number of carbonyl (C=O) groups is 1. The second-order valence-electron chi connectivity index (χ2n) is 4.25. The van der Waals surface area contributed by atoms with Crippen LogP contribution in [0.25, 0.3) is 0 Å². The van der Waals surface area contributed by atoms with Gasteiger partial charge in [-0.25, -0.2) is 8.42 Å². The summed E-state index contributed by atoms with van der Waals surface area (Å²) in [5, 5.41) is 11.9. The van der Waals surface area contributed by atoms with Gasteiger partial charge >= 0.3 is 0 Å². The van der Waals surface area contributed by atoms with E-state index in [2.05, 4.69) is 5.32 Å². The molecule has 1 aliphatic heterocycles. The zero-order valence-electron chi connectivity index (χ0n) is 10.3. The molecule has 106 valence electrons. The van der Waals surface area contributed by atoms with Crippen molar-refractivity contribution in [2.45, 2.75) is 17.8 Å². The summed E-state index contributed by atoms with van der Waals surface area (Å²) in [6.45, 7) is 0.324. The number of ether oxygens (including phenoxy) is 1. The van der Waals surface area contributed by atoms with Crippen molar-refractivity contribution in [1.82, 2.24) is 5.32 Å². The van der Waals surface area contributed by atoms with Crippen molar-refractivity contribution in [3.8, 4) is 0 Å². The van der Waals surface area contributed by atoms with Crippen LogP contribution in [0.15, 0.2) is 0 Å². The second-order valence-corrected chi connectivity index (χ2v) is 7.77. The lowest BCUT2D eigenvalue weighted by Crippen LogP contribution is -2.35. The molecule has 1 saturated heterocycles. The molecule has 2 N–H and O–H groups in total. The molecule has 18 heavy (non-hydrogen) atoms. The Kier molecular flexibility index (Phi) is 6.40. The molecule has 0 bridgehead atoms. The van der Waals surface area contributed by atoms with Gasteiger partial charge in [0, 0.05) is 18.9 Å². The van der Waals surface area contributed by atoms with Gasteiger partial charge in [0.25, 0.3) is 0 Å². The van der Waals surface area contributed by atoms with Crippen LogP contribution in [0.2, 0.25) is 0 Å². The molecule has 2 atom stereocenters. The van der Waals surface area contributed by atoms with Crippen molar-refractivity contribution in [2.24, 2.45) is 0 Å². The van der Waals surface area contributed by atoms with Crippen molar-refractivity contribution in [1.29, 1.82) is 0 Å². The molecule has 1 amide bonds. The first-order valence-corrected chi connectivity index (χ1v) is 8.55. The zero-order valence-corrected chi connectivity index (χ0v) is 11.9. The van der Waals surface area contributed by atoms with Gasteiger partial charge in [-0.2, -0.15) is 0 Å². The Balaban J connectivity index is 2.14. The minimum absolute atomic E-state index is 0.0182. The number of rotatable bonds is 7. The van der Waals surface area contributed by atoms with Gasteiger partial charge in [0.15, 0.2) is 9.84 Å². The number of aliphatic hydroxyl groups excluding tert-OH is 1. The molecule has 0 aromatic rings. The number of sulfone groups is 1. The van der Waals surface area contributed by atoms with Gasteiger partial charge in [-0.05, 0) is 6.42 Å². The normalized spacial score (nSPS) is 23.8. The number of hydrogen-bond acceptors (Lipinski definition) is 6. The number of nitrogens with one attached hydrogen (secondary N) is 1. The van der Waals surface area contributed by atoms with Gasteiger partial charge in [-0.15, -0.1) is 11.8 Å². The van der Waals surface area contributed by atoms with E-state index in [0.29, 0.717) is 6.42 Å². The molecular formula is C10H19NO5S2. The van der Waals surface area contributed by atoms with Gasteiger partial charge < -0.3 is 15.2 Å². The molecule has 0 radical (unpaired) electrons. The Labute approximate surface area is 111 Å². The Hall–Kier alpha value is -0.310. The van der Waals surface area contributed by atoms with E-state index in [-0.39, 0.29) is 41.6 Å². The quantitative estimate of drug-likeness (QED) is 0.628. The Morgan fingerprint density at radius 2 is 2.33 bits per heavy atom. The lowest BCUT2D eigenvalue weighted by Gasteiger charge is -2.11. The first-order chi connectivity index (χ1) is 8.43. The van der Waals surface area contributed by atoms with E-state index >= 15 is 0 Å². The largest absolute Gasteiger partial charge is 0.389 e. The second kappa shape index (κ2) is 7.32. The predicted octanol–water partition coefficient (Wildman–Crippen LogP) is -0.970. The highest BCUT2D eigenvalue weighted by Gasteiger charge is 2.28. The maximum absolute atomic E-state index is 11.4. The lowest BCUT2D eigenvalue weighted by molar-refractivity contribution is -0.119. The van der Waals surface area contributed by atoms with E-state index in [1.165, 1.54) is 18.9 Å². The van der Waals surface area contributed by atoms with Crippen LogP contribution in [0.3, 0.4) is 0 Å². The number of amides is 1. The number of aliphatic hydroxyl groups is 1. The Morgan fingerprint density at radius 3 is 2.89 bits per heavy atom. The summed E-state index contributed by atoms with van der Waals surface area (Å²) in [6, 6.07) is 0. The number of methoxy groups -OCH3 is 1. The summed E-state index contributed by atoms with van der Waals surface area (Å²) in [4.78, 5) is 11.4. The fourth-order valence-electron chi connectivity index (χ4n) is 1.62. The third-order valence-electron chi connectivity index (χ3n) is 2.53. The molecule has 6 nitrogen and oxygen atoms in total. The minimum Gasteiger partial charge on any atom is -0.389 e. The molecule has 1 heterocycles. The summed E-state index contributed by atoms with van der Waals surface area (Å²) >= 11 is 1.36. The van der Waals surface area contributed by atoms with Crippen LogP contribution >= 0.6 is 11.8 Å². The van der Waals surface area contributed by atoms with Crippen molar-refractivity contribution >= 4 is 27.5 Å². The summed E-state index contributed by atoms with van der Waals surface area (Å²) in [6.07, 6.45) is -0.0946. The lowest BCUT2D eigenvalue weighted by atomic mass is 10.4. The molecule has 0 spiro atoms. The molecule has 1 rings (SSSR count). The first-order valence-electron chi connectivity index (χ1n) is 5.68. The average molecular weight is 297 g/mol. The molecule has 0 aromatic heterocycles. The van der Waals surface area contributed by atoms with Gasteiger partial charge in [-0.1, -0.05) is 0 Å². The topological polar surface area (TPSA) is 92.7 Å². The zero-order chi connectivity index (χ0) is 13.6. The van der Waals surface area contributed by atoms with Crippen molar-refractivity contribution in [2.75, 3.05) is 37.5 Å². The van der Waals surface area contributed by atoms with E-state index < -0.39 is 15.9 Å². The monoisotopic (exact) mass is 297 g/mol. The van der Waals surface area contributed by atoms with Crippen molar-refractivity contribution < 1.29 is 23.1 Å². The van der Waals surface area contributed by atoms with E-state index in [1.54, 1.807) is 0 Å². The summed E-state index contributed by atoms with van der Waals surface area (Å²) in [5.74, 6) is 0.412. The van der Waals surface area contributed by atoms with Crippen LogP contribution in [0, 0.1) is 0 Å². The van der Waals surface area contributed by atoms with E-state index in [4.69, 9.17) is 4.74 Å². The maximum atomic E-state index is 11.4. The highest BCUT2D eigenvalue weighted by molar-refractivity contribution is 8.02. The maximum Gasteiger partial charge on any atom is 0.230 e. The minimum atomic E-state index is -2.89. The van der Waals surface area contributed by atoms with Crippen LogP contribution in [-0.4, -0.2) is 68.3 Å².